The first kappa shape index (κ1) is 15.1. The highest BCUT2D eigenvalue weighted by Gasteiger charge is 2.08. The van der Waals surface area contributed by atoms with Crippen molar-refractivity contribution >= 4 is 5.78 Å². The third-order valence-corrected chi connectivity index (χ3v) is 3.51. The molecular weight excluding hydrogens is 264 g/mol. The van der Waals surface area contributed by atoms with Gasteiger partial charge in [-0.05, 0) is 43.0 Å². The zero-order chi connectivity index (χ0) is 15.1. The number of unbranched alkanes of at least 4 members (excludes halogenated alkanes) is 2. The van der Waals surface area contributed by atoms with Crippen LogP contribution >= 0.6 is 0 Å². The molecule has 21 heavy (non-hydrogen) atoms. The van der Waals surface area contributed by atoms with Gasteiger partial charge in [-0.1, -0.05) is 36.8 Å². The van der Waals surface area contributed by atoms with Crippen LogP contribution in [0.5, 0.6) is 11.5 Å². The maximum atomic E-state index is 11.9. The summed E-state index contributed by atoms with van der Waals surface area (Å²) in [4.78, 5) is 11.9. The Balaban J connectivity index is 1.71. The summed E-state index contributed by atoms with van der Waals surface area (Å²) in [6, 6.07) is 14.5. The van der Waals surface area contributed by atoms with E-state index < -0.39 is 0 Å². The van der Waals surface area contributed by atoms with Crippen molar-refractivity contribution in [3.05, 3.63) is 59.7 Å². The Bertz CT molecular complexity index is 591. The first-order valence-corrected chi connectivity index (χ1v) is 7.26. The lowest BCUT2D eigenvalue weighted by molar-refractivity contribution is 0.0979. The predicted octanol–water partition coefficient (Wildman–Crippen LogP) is 4.08. The van der Waals surface area contributed by atoms with Gasteiger partial charge in [-0.2, -0.15) is 0 Å². The molecule has 0 radical (unpaired) electrons. The van der Waals surface area contributed by atoms with E-state index in [2.05, 4.69) is 12.1 Å². The summed E-state index contributed by atoms with van der Waals surface area (Å²) in [5.41, 5.74) is 1.78. The first-order valence-electron chi connectivity index (χ1n) is 7.26. The fraction of sp³-hybridized carbons (Fsp3) is 0.278. The van der Waals surface area contributed by atoms with Crippen LogP contribution in [0.2, 0.25) is 0 Å². The quantitative estimate of drug-likeness (QED) is 0.457. The molecule has 0 atom stereocenters. The van der Waals surface area contributed by atoms with E-state index in [-0.39, 0.29) is 17.3 Å². The number of rotatable bonds is 7. The summed E-state index contributed by atoms with van der Waals surface area (Å²) < 4.78 is 0. The number of hydrogen-bond donors (Lipinski definition) is 2. The van der Waals surface area contributed by atoms with Gasteiger partial charge in [0.05, 0.1) is 0 Å². The Hall–Kier alpha value is -2.29. The van der Waals surface area contributed by atoms with Crippen LogP contribution in [0, 0.1) is 0 Å². The summed E-state index contributed by atoms with van der Waals surface area (Å²) in [6.45, 7) is 0. The molecule has 2 N–H and O–H groups in total. The van der Waals surface area contributed by atoms with Crippen LogP contribution in [0.1, 0.15) is 41.6 Å². The minimum absolute atomic E-state index is 0.00464. The average molecular weight is 284 g/mol. The van der Waals surface area contributed by atoms with E-state index in [9.17, 15) is 15.0 Å². The maximum Gasteiger partial charge on any atom is 0.163 e. The van der Waals surface area contributed by atoms with Crippen LogP contribution in [0.4, 0.5) is 0 Å². The maximum absolute atomic E-state index is 11.9. The van der Waals surface area contributed by atoms with Crippen LogP contribution in [-0.4, -0.2) is 16.0 Å². The van der Waals surface area contributed by atoms with E-state index >= 15 is 0 Å². The van der Waals surface area contributed by atoms with Crippen LogP contribution in [-0.2, 0) is 6.42 Å². The van der Waals surface area contributed by atoms with Gasteiger partial charge in [0, 0.05) is 12.0 Å². The van der Waals surface area contributed by atoms with Crippen LogP contribution in [0.25, 0.3) is 0 Å². The second-order valence-electron chi connectivity index (χ2n) is 5.17. The molecule has 3 nitrogen and oxygen atoms in total. The van der Waals surface area contributed by atoms with Crippen LogP contribution < -0.4 is 0 Å². The van der Waals surface area contributed by atoms with Crippen molar-refractivity contribution in [1.82, 2.24) is 0 Å². The number of ketones is 1. The lowest BCUT2D eigenvalue weighted by Gasteiger charge is -2.04. The second kappa shape index (κ2) is 7.48. The standard InChI is InChI=1S/C18H20O3/c19-16(15-11-12-17(20)18(21)13-15)10-6-2-5-9-14-7-3-1-4-8-14/h1,3-4,7-8,11-13,20-21H,2,5-6,9-10H2. The zero-order valence-corrected chi connectivity index (χ0v) is 12.0. The van der Waals surface area contributed by atoms with Gasteiger partial charge in [-0.3, -0.25) is 4.79 Å². The fourth-order valence-corrected chi connectivity index (χ4v) is 2.28. The Labute approximate surface area is 124 Å². The van der Waals surface area contributed by atoms with Crippen LogP contribution in [0.3, 0.4) is 0 Å². The molecule has 0 aliphatic heterocycles. The van der Waals surface area contributed by atoms with Crippen molar-refractivity contribution in [1.29, 1.82) is 0 Å². The molecule has 0 unspecified atom stereocenters. The monoisotopic (exact) mass is 284 g/mol. The summed E-state index contributed by atoms with van der Waals surface area (Å²) in [5, 5.41) is 18.6. The van der Waals surface area contributed by atoms with Gasteiger partial charge in [0.15, 0.2) is 17.3 Å². The molecule has 0 saturated carbocycles. The molecule has 0 heterocycles. The van der Waals surface area contributed by atoms with Gasteiger partial charge in [0.25, 0.3) is 0 Å². The molecular formula is C18H20O3. The highest BCUT2D eigenvalue weighted by molar-refractivity contribution is 5.96. The highest BCUT2D eigenvalue weighted by atomic mass is 16.3. The molecule has 2 rings (SSSR count). The number of carbonyl (C=O) groups excluding carboxylic acids is 1. The average Bonchev–Trinajstić information content (AvgIpc) is 2.50. The Morgan fingerprint density at radius 2 is 1.62 bits per heavy atom. The zero-order valence-electron chi connectivity index (χ0n) is 12.0. The lowest BCUT2D eigenvalue weighted by Crippen LogP contribution is -1.98. The smallest absolute Gasteiger partial charge is 0.163 e. The van der Waals surface area contributed by atoms with Crippen molar-refractivity contribution in [2.24, 2.45) is 0 Å². The lowest BCUT2D eigenvalue weighted by atomic mass is 10.0. The summed E-state index contributed by atoms with van der Waals surface area (Å²) >= 11 is 0. The number of Topliss-reactive ketones (excluding diaryl/α,β-unsaturated/α-hetero) is 1. The molecule has 0 aliphatic rings. The van der Waals surface area contributed by atoms with Gasteiger partial charge >= 0.3 is 0 Å². The topological polar surface area (TPSA) is 57.5 Å². The summed E-state index contributed by atoms with van der Waals surface area (Å²) in [5.74, 6) is -0.440. The molecule has 2 aromatic rings. The van der Waals surface area contributed by atoms with Gasteiger partial charge in [-0.25, -0.2) is 0 Å². The van der Waals surface area contributed by atoms with Gasteiger partial charge in [0.1, 0.15) is 0 Å². The van der Waals surface area contributed by atoms with Crippen molar-refractivity contribution in [3.63, 3.8) is 0 Å². The molecule has 0 aromatic heterocycles. The molecule has 0 spiro atoms. The van der Waals surface area contributed by atoms with Crippen molar-refractivity contribution in [2.75, 3.05) is 0 Å². The number of aryl methyl sites for hydroxylation is 1. The van der Waals surface area contributed by atoms with E-state index in [1.54, 1.807) is 6.07 Å². The van der Waals surface area contributed by atoms with Crippen LogP contribution in [0.15, 0.2) is 48.5 Å². The predicted molar refractivity (Wildman–Crippen MR) is 82.7 cm³/mol. The summed E-state index contributed by atoms with van der Waals surface area (Å²) in [7, 11) is 0. The van der Waals surface area contributed by atoms with E-state index in [4.69, 9.17) is 0 Å². The summed E-state index contributed by atoms with van der Waals surface area (Å²) in [6.07, 6.45) is 4.42. The van der Waals surface area contributed by atoms with Crippen molar-refractivity contribution in [2.45, 2.75) is 32.1 Å². The van der Waals surface area contributed by atoms with Gasteiger partial charge in [-0.15, -0.1) is 0 Å². The third kappa shape index (κ3) is 4.63. The Kier molecular flexibility index (Phi) is 5.38. The normalized spacial score (nSPS) is 10.5. The van der Waals surface area contributed by atoms with E-state index in [1.807, 2.05) is 18.2 Å². The molecule has 0 amide bonds. The minimum atomic E-state index is -0.245. The Morgan fingerprint density at radius 1 is 0.857 bits per heavy atom. The third-order valence-electron chi connectivity index (χ3n) is 3.51. The van der Waals surface area contributed by atoms with E-state index in [1.165, 1.54) is 17.7 Å². The molecule has 2 aromatic carbocycles. The molecule has 0 saturated heterocycles. The number of hydrogen-bond acceptors (Lipinski definition) is 3. The van der Waals surface area contributed by atoms with Crippen molar-refractivity contribution < 1.29 is 15.0 Å². The van der Waals surface area contributed by atoms with Gasteiger partial charge in [0.2, 0.25) is 0 Å². The highest BCUT2D eigenvalue weighted by Crippen LogP contribution is 2.25. The molecule has 0 aliphatic carbocycles. The first-order chi connectivity index (χ1) is 10.2. The van der Waals surface area contributed by atoms with E-state index in [0.29, 0.717) is 12.0 Å². The fourth-order valence-electron chi connectivity index (χ4n) is 2.28. The number of phenolic OH excluding ortho intramolecular Hbond substituents is 2. The minimum Gasteiger partial charge on any atom is -0.504 e. The SMILES string of the molecule is O=C(CCCCCc1ccccc1)c1ccc(O)c(O)c1. The van der Waals surface area contributed by atoms with Gasteiger partial charge < -0.3 is 10.2 Å². The molecule has 3 heteroatoms. The molecule has 110 valence electrons. The van der Waals surface area contributed by atoms with Crippen molar-refractivity contribution in [3.8, 4) is 11.5 Å². The molecule has 0 fully saturated rings. The number of phenols is 2. The molecule has 0 bridgehead atoms. The van der Waals surface area contributed by atoms with E-state index in [0.717, 1.165) is 25.7 Å². The Morgan fingerprint density at radius 3 is 2.33 bits per heavy atom. The number of benzene rings is 2. The second-order valence-corrected chi connectivity index (χ2v) is 5.17. The number of aromatic hydroxyl groups is 2. The largest absolute Gasteiger partial charge is 0.504 e. The number of carbonyl (C=O) groups is 1.